The maximum Gasteiger partial charge on any atom is 0.280 e. The van der Waals surface area contributed by atoms with Crippen molar-refractivity contribution in [2.75, 3.05) is 0 Å². The Labute approximate surface area is 180 Å². The van der Waals surface area contributed by atoms with Gasteiger partial charge in [0.1, 0.15) is 12.9 Å². The van der Waals surface area contributed by atoms with Crippen LogP contribution < -0.4 is 5.56 Å². The van der Waals surface area contributed by atoms with E-state index < -0.39 is 11.6 Å². The molecular weight excluding hydrogens is 418 g/mol. The molecule has 1 saturated carbocycles. The fourth-order valence-electron chi connectivity index (χ4n) is 4.74. The number of hydrogen-bond donors (Lipinski definition) is 0. The number of benzene rings is 1. The van der Waals surface area contributed by atoms with Crippen molar-refractivity contribution >= 4 is 16.7 Å². The summed E-state index contributed by atoms with van der Waals surface area (Å²) in [5.41, 5.74) is 2.39. The summed E-state index contributed by atoms with van der Waals surface area (Å²) in [5.74, 6) is 0.542. The molecule has 0 bridgehead atoms. The zero-order valence-electron chi connectivity index (χ0n) is 17.1. The molecule has 162 valence electrons. The molecule has 8 nitrogen and oxygen atoms in total. The van der Waals surface area contributed by atoms with Crippen LogP contribution in [-0.2, 0) is 20.0 Å². The Hall–Kier alpha value is -3.69. The third kappa shape index (κ3) is 3.05. The van der Waals surface area contributed by atoms with E-state index in [1.807, 2.05) is 0 Å². The highest BCUT2D eigenvalue weighted by Gasteiger charge is 2.52. The van der Waals surface area contributed by atoms with Gasteiger partial charge in [0.15, 0.2) is 28.6 Å². The van der Waals surface area contributed by atoms with Crippen molar-refractivity contribution in [3.8, 4) is 0 Å². The molecule has 0 radical (unpaired) electrons. The van der Waals surface area contributed by atoms with Gasteiger partial charge in [-0.1, -0.05) is 17.3 Å². The van der Waals surface area contributed by atoms with E-state index in [0.29, 0.717) is 47.1 Å². The number of aryl methyl sites for hydroxylation is 1. The average molecular weight is 436 g/mol. The minimum atomic E-state index is -0.832. The number of allylic oxidation sites excluding steroid dienone is 2. The van der Waals surface area contributed by atoms with Crippen LogP contribution in [0.5, 0.6) is 0 Å². The first-order valence-electron chi connectivity index (χ1n) is 10.3. The molecule has 3 aromatic heterocycles. The quantitative estimate of drug-likeness (QED) is 0.478. The Morgan fingerprint density at radius 1 is 1.19 bits per heavy atom. The summed E-state index contributed by atoms with van der Waals surface area (Å²) in [5, 5.41) is 4.07. The van der Waals surface area contributed by atoms with Crippen molar-refractivity contribution < 1.29 is 13.3 Å². The molecule has 2 aliphatic rings. The third-order valence-corrected chi connectivity index (χ3v) is 6.47. The van der Waals surface area contributed by atoms with Crippen molar-refractivity contribution in [3.63, 3.8) is 0 Å². The van der Waals surface area contributed by atoms with Crippen LogP contribution in [0.3, 0.4) is 0 Å². The lowest BCUT2D eigenvalue weighted by Crippen LogP contribution is -2.22. The molecule has 1 aromatic carbocycles. The van der Waals surface area contributed by atoms with Gasteiger partial charge in [-0.15, -0.1) is 0 Å². The lowest BCUT2D eigenvalue weighted by atomic mass is 10.00. The number of aromatic nitrogens is 6. The van der Waals surface area contributed by atoms with E-state index in [0.717, 1.165) is 17.6 Å². The zero-order valence-corrected chi connectivity index (χ0v) is 17.1. The molecule has 2 aliphatic carbocycles. The molecule has 32 heavy (non-hydrogen) atoms. The highest BCUT2D eigenvalue weighted by Crippen LogP contribution is 2.59. The van der Waals surface area contributed by atoms with Gasteiger partial charge in [0.25, 0.3) is 5.56 Å². The largest absolute Gasteiger partial charge is 0.337 e. The van der Waals surface area contributed by atoms with Gasteiger partial charge in [-0.2, -0.15) is 4.98 Å². The van der Waals surface area contributed by atoms with Crippen molar-refractivity contribution in [2.24, 2.45) is 24.8 Å². The monoisotopic (exact) mass is 436 g/mol. The maximum atomic E-state index is 13.5. The number of hydrogen-bond acceptors (Lipinski definition) is 6. The molecule has 6 rings (SSSR count). The van der Waals surface area contributed by atoms with E-state index in [4.69, 9.17) is 4.52 Å². The molecule has 4 aromatic rings. The zero-order chi connectivity index (χ0) is 22.0. The maximum absolute atomic E-state index is 13.5. The minimum Gasteiger partial charge on any atom is -0.337 e. The summed E-state index contributed by atoms with van der Waals surface area (Å²) in [6.07, 6.45) is 6.63. The van der Waals surface area contributed by atoms with Gasteiger partial charge in [-0.05, 0) is 47.4 Å². The van der Waals surface area contributed by atoms with Crippen LogP contribution in [-0.4, -0.2) is 29.2 Å². The number of nitrogens with zero attached hydrogens (tertiary/aromatic N) is 6. The third-order valence-electron chi connectivity index (χ3n) is 6.47. The Balaban J connectivity index is 1.13. The average Bonchev–Trinajstić information content (AvgIpc) is 3.22. The summed E-state index contributed by atoms with van der Waals surface area (Å²) >= 11 is 0. The van der Waals surface area contributed by atoms with Crippen LogP contribution in [0.1, 0.15) is 23.7 Å². The van der Waals surface area contributed by atoms with E-state index in [2.05, 4.69) is 26.2 Å². The Morgan fingerprint density at radius 2 is 2.03 bits per heavy atom. The predicted molar refractivity (Wildman–Crippen MR) is 109 cm³/mol. The molecular formula is C22H18F2N6O2. The summed E-state index contributed by atoms with van der Waals surface area (Å²) < 4.78 is 35.1. The van der Waals surface area contributed by atoms with Gasteiger partial charge in [-0.3, -0.25) is 9.36 Å². The second-order valence-electron chi connectivity index (χ2n) is 8.44. The highest BCUT2D eigenvalue weighted by molar-refractivity contribution is 5.70. The number of fused-ring (bicyclic) bond motifs is 2. The van der Waals surface area contributed by atoms with Crippen LogP contribution in [0.25, 0.3) is 16.7 Å². The molecule has 0 spiro atoms. The fraction of sp³-hybridized carbons (Fsp3) is 0.318. The molecule has 1 fully saturated rings. The van der Waals surface area contributed by atoms with Gasteiger partial charge in [-0.25, -0.2) is 18.7 Å². The molecule has 10 heteroatoms. The first-order chi connectivity index (χ1) is 15.5. The minimum absolute atomic E-state index is 0.137. The predicted octanol–water partition coefficient (Wildman–Crippen LogP) is 2.73. The lowest BCUT2D eigenvalue weighted by Gasteiger charge is -2.06. The Morgan fingerprint density at radius 3 is 2.81 bits per heavy atom. The van der Waals surface area contributed by atoms with Crippen LogP contribution in [0, 0.1) is 29.4 Å². The molecule has 0 amide bonds. The highest BCUT2D eigenvalue weighted by atomic mass is 19.2. The molecule has 1 unspecified atom stereocenters. The van der Waals surface area contributed by atoms with Crippen LogP contribution in [0.2, 0.25) is 0 Å². The number of imidazole rings is 1. The molecule has 3 atom stereocenters. The van der Waals surface area contributed by atoms with Crippen molar-refractivity contribution in [1.29, 1.82) is 0 Å². The normalized spacial score (nSPS) is 21.7. The smallest absolute Gasteiger partial charge is 0.280 e. The van der Waals surface area contributed by atoms with Crippen molar-refractivity contribution in [3.05, 3.63) is 76.2 Å². The Kier molecular flexibility index (Phi) is 4.11. The SMILES string of the molecule is Cn1cnc2ncn(Cc3nc(CC4[C@H]5C=C(c6ccc(F)c(F)c6)C[C@@H]45)no3)c(=O)c21. The van der Waals surface area contributed by atoms with Crippen LogP contribution >= 0.6 is 0 Å². The van der Waals surface area contributed by atoms with Crippen molar-refractivity contribution in [2.45, 2.75) is 19.4 Å². The van der Waals surface area contributed by atoms with Crippen molar-refractivity contribution in [1.82, 2.24) is 29.2 Å². The molecule has 3 heterocycles. The van der Waals surface area contributed by atoms with Gasteiger partial charge >= 0.3 is 0 Å². The van der Waals surface area contributed by atoms with E-state index >= 15 is 0 Å². The molecule has 0 saturated heterocycles. The molecule has 0 aliphatic heterocycles. The second kappa shape index (κ2) is 6.91. The van der Waals surface area contributed by atoms with E-state index in [1.165, 1.54) is 23.0 Å². The van der Waals surface area contributed by atoms with E-state index in [9.17, 15) is 13.6 Å². The second-order valence-corrected chi connectivity index (χ2v) is 8.44. The fourth-order valence-corrected chi connectivity index (χ4v) is 4.74. The topological polar surface area (TPSA) is 91.6 Å². The summed E-state index contributed by atoms with van der Waals surface area (Å²) in [7, 11) is 1.74. The lowest BCUT2D eigenvalue weighted by molar-refractivity contribution is 0.363. The van der Waals surface area contributed by atoms with Gasteiger partial charge in [0.05, 0.1) is 6.33 Å². The first-order valence-corrected chi connectivity index (χ1v) is 10.3. The standard InChI is InChI=1S/C22H18F2N6O2/c1-29-9-25-21-20(29)22(31)30(10-26-21)8-19-27-18(28-32-19)7-15-13-4-12(5-14(13)15)11-2-3-16(23)17(24)6-11/h2-4,6,9-10,13-15H,5,7-8H2,1H3/t13-,14+,15?/m0/s1. The van der Waals surface area contributed by atoms with Crippen LogP contribution in [0.4, 0.5) is 8.78 Å². The van der Waals surface area contributed by atoms with Gasteiger partial charge in [0, 0.05) is 13.5 Å². The van der Waals surface area contributed by atoms with Gasteiger partial charge < -0.3 is 9.09 Å². The van der Waals surface area contributed by atoms with E-state index in [1.54, 1.807) is 24.0 Å². The number of halogens is 2. The summed E-state index contributed by atoms with van der Waals surface area (Å²) in [6.45, 7) is 0.137. The summed E-state index contributed by atoms with van der Waals surface area (Å²) in [6, 6.07) is 4.04. The summed E-state index contributed by atoms with van der Waals surface area (Å²) in [4.78, 5) is 25.4. The van der Waals surface area contributed by atoms with Gasteiger partial charge in [0.2, 0.25) is 5.89 Å². The first kappa shape index (κ1) is 19.0. The van der Waals surface area contributed by atoms with Crippen LogP contribution in [0.15, 0.2) is 46.2 Å². The number of rotatable bonds is 5. The molecule has 0 N–H and O–H groups in total. The Bertz CT molecular complexity index is 1450. The van der Waals surface area contributed by atoms with E-state index in [-0.39, 0.29) is 12.1 Å².